The third kappa shape index (κ3) is 6.00. The molecule has 0 aliphatic rings. The molecule has 0 aromatic heterocycles. The lowest BCUT2D eigenvalue weighted by molar-refractivity contribution is -0.385. The Hall–Kier alpha value is -1.17. The number of unbranched alkanes of at least 4 members (excludes halogenated alkanes) is 1. The molecular weight excluding hydrogens is 268 g/mol. The summed E-state index contributed by atoms with van der Waals surface area (Å²) in [7, 11) is 0. The average Bonchev–Trinajstić information content (AvgIpc) is 2.37. The first-order valence-electron chi connectivity index (χ1n) is 6.36. The molecule has 0 atom stereocenters. The van der Waals surface area contributed by atoms with E-state index in [1.54, 1.807) is 6.07 Å². The molecule has 19 heavy (non-hydrogen) atoms. The molecule has 1 rings (SSSR count). The van der Waals surface area contributed by atoms with Crippen LogP contribution >= 0.6 is 11.6 Å². The van der Waals surface area contributed by atoms with Crippen molar-refractivity contribution in [3.8, 4) is 0 Å². The molecule has 1 aromatic carbocycles. The predicted octanol–water partition coefficient (Wildman–Crippen LogP) is 3.15. The van der Waals surface area contributed by atoms with E-state index in [0.29, 0.717) is 30.3 Å². The van der Waals surface area contributed by atoms with Crippen molar-refractivity contribution < 1.29 is 9.66 Å². The molecule has 1 aromatic rings. The number of benzene rings is 1. The first-order valence-corrected chi connectivity index (χ1v) is 6.74. The van der Waals surface area contributed by atoms with Crippen molar-refractivity contribution in [2.24, 2.45) is 0 Å². The number of hydrogen-bond donors (Lipinski definition) is 1. The minimum atomic E-state index is -0.398. The zero-order valence-electron chi connectivity index (χ0n) is 11.0. The molecular formula is C13H19ClN2O3. The Balaban J connectivity index is 2.36. The highest BCUT2D eigenvalue weighted by atomic mass is 35.5. The van der Waals surface area contributed by atoms with Crippen molar-refractivity contribution in [1.82, 2.24) is 5.32 Å². The first kappa shape index (κ1) is 15.9. The highest BCUT2D eigenvalue weighted by molar-refractivity contribution is 6.30. The van der Waals surface area contributed by atoms with Crippen molar-refractivity contribution in [1.29, 1.82) is 0 Å². The van der Waals surface area contributed by atoms with E-state index in [1.807, 2.05) is 0 Å². The molecule has 0 aliphatic carbocycles. The van der Waals surface area contributed by atoms with Crippen LogP contribution in [0.25, 0.3) is 0 Å². The molecule has 5 nitrogen and oxygen atoms in total. The third-order valence-electron chi connectivity index (χ3n) is 2.62. The number of hydrogen-bond acceptors (Lipinski definition) is 4. The maximum Gasteiger partial charge on any atom is 0.273 e. The lowest BCUT2D eigenvalue weighted by Gasteiger charge is -2.07. The van der Waals surface area contributed by atoms with Crippen LogP contribution in [-0.4, -0.2) is 24.7 Å². The van der Waals surface area contributed by atoms with Crippen LogP contribution in [0.5, 0.6) is 0 Å². The Labute approximate surface area is 118 Å². The van der Waals surface area contributed by atoms with Gasteiger partial charge in [0.05, 0.1) is 11.5 Å². The second-order valence-electron chi connectivity index (χ2n) is 4.17. The van der Waals surface area contributed by atoms with Gasteiger partial charge in [0.25, 0.3) is 5.69 Å². The molecule has 106 valence electrons. The van der Waals surface area contributed by atoms with Crippen LogP contribution in [0.2, 0.25) is 5.02 Å². The van der Waals surface area contributed by atoms with Gasteiger partial charge in [-0.2, -0.15) is 0 Å². The Kier molecular flexibility index (Phi) is 7.40. The SMILES string of the molecule is CCCCOCCNCc1cc(Cl)ccc1[N+](=O)[O-]. The molecule has 0 radical (unpaired) electrons. The largest absolute Gasteiger partial charge is 0.380 e. The van der Waals surface area contributed by atoms with E-state index in [4.69, 9.17) is 16.3 Å². The summed E-state index contributed by atoms with van der Waals surface area (Å²) in [6, 6.07) is 4.57. The first-order chi connectivity index (χ1) is 9.15. The number of nitrogens with zero attached hydrogens (tertiary/aromatic N) is 1. The molecule has 0 unspecified atom stereocenters. The van der Waals surface area contributed by atoms with Gasteiger partial charge in [-0.3, -0.25) is 10.1 Å². The van der Waals surface area contributed by atoms with Crippen molar-refractivity contribution in [3.63, 3.8) is 0 Å². The maximum absolute atomic E-state index is 10.9. The normalized spacial score (nSPS) is 10.6. The topological polar surface area (TPSA) is 64.4 Å². The number of rotatable bonds is 9. The summed E-state index contributed by atoms with van der Waals surface area (Å²) >= 11 is 5.84. The van der Waals surface area contributed by atoms with E-state index >= 15 is 0 Å². The predicted molar refractivity (Wildman–Crippen MR) is 75.5 cm³/mol. The van der Waals surface area contributed by atoms with E-state index in [0.717, 1.165) is 19.4 Å². The van der Waals surface area contributed by atoms with E-state index in [1.165, 1.54) is 12.1 Å². The van der Waals surface area contributed by atoms with Crippen molar-refractivity contribution in [3.05, 3.63) is 38.9 Å². The molecule has 1 N–H and O–H groups in total. The van der Waals surface area contributed by atoms with Crippen molar-refractivity contribution in [2.45, 2.75) is 26.3 Å². The standard InChI is InChI=1S/C13H19ClN2O3/c1-2-3-7-19-8-6-15-10-11-9-12(14)4-5-13(11)16(17)18/h4-5,9,15H,2-3,6-8,10H2,1H3. The van der Waals surface area contributed by atoms with Gasteiger partial charge in [-0.15, -0.1) is 0 Å². The van der Waals surface area contributed by atoms with Crippen LogP contribution in [0, 0.1) is 10.1 Å². The van der Waals surface area contributed by atoms with E-state index < -0.39 is 4.92 Å². The van der Waals surface area contributed by atoms with Crippen LogP contribution in [0.4, 0.5) is 5.69 Å². The number of halogens is 1. The van der Waals surface area contributed by atoms with Crippen LogP contribution in [0.3, 0.4) is 0 Å². The lowest BCUT2D eigenvalue weighted by atomic mass is 10.2. The molecule has 0 amide bonds. The highest BCUT2D eigenvalue weighted by Gasteiger charge is 2.12. The van der Waals surface area contributed by atoms with Gasteiger partial charge in [-0.25, -0.2) is 0 Å². The summed E-state index contributed by atoms with van der Waals surface area (Å²) < 4.78 is 5.39. The van der Waals surface area contributed by atoms with Gasteiger partial charge in [-0.1, -0.05) is 24.9 Å². The van der Waals surface area contributed by atoms with Crippen LogP contribution in [-0.2, 0) is 11.3 Å². The summed E-state index contributed by atoms with van der Waals surface area (Å²) in [6.07, 6.45) is 2.17. The van der Waals surface area contributed by atoms with E-state index in [9.17, 15) is 10.1 Å². The van der Waals surface area contributed by atoms with Crippen molar-refractivity contribution >= 4 is 17.3 Å². The number of nitrogens with one attached hydrogen (secondary N) is 1. The van der Waals surface area contributed by atoms with Crippen molar-refractivity contribution in [2.75, 3.05) is 19.8 Å². The minimum absolute atomic E-state index is 0.0869. The highest BCUT2D eigenvalue weighted by Crippen LogP contribution is 2.22. The molecule has 0 aliphatic heterocycles. The molecule has 0 saturated heterocycles. The van der Waals surface area contributed by atoms with Crippen LogP contribution in [0.1, 0.15) is 25.3 Å². The fourth-order valence-electron chi connectivity index (χ4n) is 1.59. The average molecular weight is 287 g/mol. The molecule has 0 bridgehead atoms. The quantitative estimate of drug-likeness (QED) is 0.430. The van der Waals surface area contributed by atoms with E-state index in [-0.39, 0.29) is 5.69 Å². The number of nitro groups is 1. The minimum Gasteiger partial charge on any atom is -0.380 e. The molecule has 0 fully saturated rings. The van der Waals surface area contributed by atoms with E-state index in [2.05, 4.69) is 12.2 Å². The second kappa shape index (κ2) is 8.85. The van der Waals surface area contributed by atoms with Gasteiger partial charge in [0.2, 0.25) is 0 Å². The Morgan fingerprint density at radius 2 is 2.21 bits per heavy atom. The van der Waals surface area contributed by atoms with Gasteiger partial charge in [0.15, 0.2) is 0 Å². The molecule has 0 spiro atoms. The monoisotopic (exact) mass is 286 g/mol. The zero-order chi connectivity index (χ0) is 14.1. The Morgan fingerprint density at radius 3 is 2.89 bits per heavy atom. The molecule has 6 heteroatoms. The molecule has 0 heterocycles. The maximum atomic E-state index is 10.9. The van der Waals surface area contributed by atoms with Crippen LogP contribution < -0.4 is 5.32 Å². The zero-order valence-corrected chi connectivity index (χ0v) is 11.8. The van der Waals surface area contributed by atoms with Gasteiger partial charge >= 0.3 is 0 Å². The molecule has 0 saturated carbocycles. The number of nitro benzene ring substituents is 1. The summed E-state index contributed by atoms with van der Waals surface area (Å²) in [5.74, 6) is 0. The Morgan fingerprint density at radius 1 is 1.42 bits per heavy atom. The third-order valence-corrected chi connectivity index (χ3v) is 2.85. The van der Waals surface area contributed by atoms with Gasteiger partial charge in [-0.05, 0) is 18.6 Å². The van der Waals surface area contributed by atoms with Gasteiger partial charge < -0.3 is 10.1 Å². The fraction of sp³-hybridized carbons (Fsp3) is 0.538. The van der Waals surface area contributed by atoms with Crippen LogP contribution in [0.15, 0.2) is 18.2 Å². The van der Waals surface area contributed by atoms with Gasteiger partial charge in [0, 0.05) is 36.3 Å². The summed E-state index contributed by atoms with van der Waals surface area (Å²) in [6.45, 7) is 4.55. The Bertz CT molecular complexity index is 413. The summed E-state index contributed by atoms with van der Waals surface area (Å²) in [5, 5.41) is 14.5. The number of ether oxygens (including phenoxy) is 1. The fourth-order valence-corrected chi connectivity index (χ4v) is 1.78. The summed E-state index contributed by atoms with van der Waals surface area (Å²) in [4.78, 5) is 10.5. The smallest absolute Gasteiger partial charge is 0.273 e. The second-order valence-corrected chi connectivity index (χ2v) is 4.61. The van der Waals surface area contributed by atoms with Gasteiger partial charge in [0.1, 0.15) is 0 Å². The summed E-state index contributed by atoms with van der Waals surface area (Å²) in [5.41, 5.74) is 0.676. The lowest BCUT2D eigenvalue weighted by Crippen LogP contribution is -2.20.